The smallest absolute Gasteiger partial charge is 0.250 e. The lowest BCUT2D eigenvalue weighted by Crippen LogP contribution is -2.47. The minimum Gasteiger partial charge on any atom is -0.369 e. The number of halogens is 1. The third-order valence-electron chi connectivity index (χ3n) is 4.67. The maximum Gasteiger partial charge on any atom is 0.250 e. The van der Waals surface area contributed by atoms with Crippen molar-refractivity contribution in [1.82, 2.24) is 4.90 Å². The zero-order chi connectivity index (χ0) is 19.2. The predicted molar refractivity (Wildman–Crippen MR) is 108 cm³/mol. The van der Waals surface area contributed by atoms with Gasteiger partial charge in [0.05, 0.1) is 11.3 Å². The average molecular weight is 387 g/mol. The second-order valence-electron chi connectivity index (χ2n) is 6.52. The molecule has 0 spiro atoms. The molecule has 3 rings (SSSR count). The molecule has 0 aromatic heterocycles. The van der Waals surface area contributed by atoms with Crippen molar-refractivity contribution in [1.29, 1.82) is 0 Å². The van der Waals surface area contributed by atoms with E-state index in [2.05, 4.69) is 21.2 Å². The van der Waals surface area contributed by atoms with Gasteiger partial charge in [0.2, 0.25) is 5.91 Å². The van der Waals surface area contributed by atoms with Gasteiger partial charge in [-0.1, -0.05) is 29.8 Å². The summed E-state index contributed by atoms with van der Waals surface area (Å²) in [6.07, 6.45) is 0.365. The minimum absolute atomic E-state index is 0.124. The van der Waals surface area contributed by atoms with E-state index in [-0.39, 0.29) is 5.91 Å². The van der Waals surface area contributed by atoms with E-state index in [1.807, 2.05) is 18.2 Å². The van der Waals surface area contributed by atoms with Crippen LogP contribution < -0.4 is 16.0 Å². The fourth-order valence-electron chi connectivity index (χ4n) is 3.18. The first-order valence-corrected chi connectivity index (χ1v) is 9.32. The summed E-state index contributed by atoms with van der Waals surface area (Å²) in [5, 5.41) is 3.52. The monoisotopic (exact) mass is 386 g/mol. The van der Waals surface area contributed by atoms with Crippen LogP contribution in [0, 0.1) is 0 Å². The second kappa shape index (κ2) is 8.88. The lowest BCUT2D eigenvalue weighted by molar-refractivity contribution is -0.116. The van der Waals surface area contributed by atoms with Crippen LogP contribution in [-0.2, 0) is 4.79 Å². The summed E-state index contributed by atoms with van der Waals surface area (Å²) in [6, 6.07) is 14.6. The number of nitrogens with one attached hydrogen (secondary N) is 1. The summed E-state index contributed by atoms with van der Waals surface area (Å²) >= 11 is 6.06. The fraction of sp³-hybridized carbons (Fsp3) is 0.300. The SMILES string of the molecule is NC(=O)c1ccccc1NC(=O)CCN1CCN(c2cccc(Cl)c2)CC1. The minimum atomic E-state index is -0.553. The third-order valence-corrected chi connectivity index (χ3v) is 4.90. The van der Waals surface area contributed by atoms with Crippen molar-refractivity contribution < 1.29 is 9.59 Å². The van der Waals surface area contributed by atoms with Crippen LogP contribution in [-0.4, -0.2) is 49.4 Å². The molecule has 0 unspecified atom stereocenters. The van der Waals surface area contributed by atoms with E-state index in [4.69, 9.17) is 17.3 Å². The van der Waals surface area contributed by atoms with E-state index in [9.17, 15) is 9.59 Å². The molecule has 2 aromatic rings. The Kier molecular flexibility index (Phi) is 6.32. The highest BCUT2D eigenvalue weighted by molar-refractivity contribution is 6.30. The summed E-state index contributed by atoms with van der Waals surface area (Å²) < 4.78 is 0. The summed E-state index contributed by atoms with van der Waals surface area (Å²) in [7, 11) is 0. The van der Waals surface area contributed by atoms with Crippen LogP contribution in [0.5, 0.6) is 0 Å². The van der Waals surface area contributed by atoms with Crippen LogP contribution in [0.2, 0.25) is 5.02 Å². The van der Waals surface area contributed by atoms with Crippen LogP contribution in [0.15, 0.2) is 48.5 Å². The van der Waals surface area contributed by atoms with Gasteiger partial charge in [-0.05, 0) is 30.3 Å². The molecule has 0 bridgehead atoms. The first-order chi connectivity index (χ1) is 13.0. The van der Waals surface area contributed by atoms with Gasteiger partial charge < -0.3 is 16.0 Å². The van der Waals surface area contributed by atoms with E-state index in [0.29, 0.717) is 24.2 Å². The summed E-state index contributed by atoms with van der Waals surface area (Å²) in [4.78, 5) is 28.2. The number of hydrogen-bond acceptors (Lipinski definition) is 4. The first-order valence-electron chi connectivity index (χ1n) is 8.94. The van der Waals surface area contributed by atoms with Crippen molar-refractivity contribution in [3.05, 3.63) is 59.1 Å². The Morgan fingerprint density at radius 1 is 1.04 bits per heavy atom. The first kappa shape index (κ1) is 19.2. The molecule has 1 saturated heterocycles. The zero-order valence-corrected chi connectivity index (χ0v) is 15.8. The normalized spacial score (nSPS) is 14.8. The maximum absolute atomic E-state index is 12.2. The van der Waals surface area contributed by atoms with Gasteiger partial charge in [0.15, 0.2) is 0 Å². The zero-order valence-electron chi connectivity index (χ0n) is 15.0. The number of benzene rings is 2. The van der Waals surface area contributed by atoms with Crippen LogP contribution >= 0.6 is 11.6 Å². The lowest BCUT2D eigenvalue weighted by Gasteiger charge is -2.36. The lowest BCUT2D eigenvalue weighted by atomic mass is 10.1. The molecule has 142 valence electrons. The van der Waals surface area contributed by atoms with E-state index in [1.54, 1.807) is 24.3 Å². The Morgan fingerprint density at radius 2 is 1.78 bits per heavy atom. The van der Waals surface area contributed by atoms with Gasteiger partial charge in [-0.15, -0.1) is 0 Å². The molecule has 1 aliphatic rings. The Bertz CT molecular complexity index is 819. The van der Waals surface area contributed by atoms with Crippen molar-refractivity contribution in [2.24, 2.45) is 5.73 Å². The van der Waals surface area contributed by atoms with Crippen molar-refractivity contribution in [2.45, 2.75) is 6.42 Å². The molecule has 7 heteroatoms. The Labute approximate surface area is 163 Å². The molecule has 3 N–H and O–H groups in total. The molecule has 1 fully saturated rings. The van der Waals surface area contributed by atoms with E-state index in [1.165, 1.54) is 0 Å². The molecule has 2 aromatic carbocycles. The van der Waals surface area contributed by atoms with Gasteiger partial charge in [-0.25, -0.2) is 0 Å². The molecule has 1 aliphatic heterocycles. The van der Waals surface area contributed by atoms with Gasteiger partial charge in [0, 0.05) is 49.9 Å². The van der Waals surface area contributed by atoms with Gasteiger partial charge in [-0.2, -0.15) is 0 Å². The fourth-order valence-corrected chi connectivity index (χ4v) is 3.37. The number of para-hydroxylation sites is 1. The van der Waals surface area contributed by atoms with Crippen LogP contribution in [0.25, 0.3) is 0 Å². The predicted octanol–water partition coefficient (Wildman–Crippen LogP) is 2.59. The molecule has 1 heterocycles. The van der Waals surface area contributed by atoms with Crippen LogP contribution in [0.4, 0.5) is 11.4 Å². The Morgan fingerprint density at radius 3 is 2.48 bits per heavy atom. The van der Waals surface area contributed by atoms with Gasteiger partial charge in [0.25, 0.3) is 5.91 Å². The number of rotatable bonds is 6. The van der Waals surface area contributed by atoms with Crippen LogP contribution in [0.1, 0.15) is 16.8 Å². The number of carbonyl (C=O) groups excluding carboxylic acids is 2. The summed E-state index contributed by atoms with van der Waals surface area (Å²) in [5.41, 5.74) is 7.25. The number of nitrogens with zero attached hydrogens (tertiary/aromatic N) is 2. The highest BCUT2D eigenvalue weighted by Crippen LogP contribution is 2.21. The second-order valence-corrected chi connectivity index (χ2v) is 6.95. The standard InChI is InChI=1S/C20H23ClN4O2/c21-15-4-3-5-16(14-15)25-12-10-24(11-13-25)9-8-19(26)23-18-7-2-1-6-17(18)20(22)27/h1-7,14H,8-13H2,(H2,22,27)(H,23,26). The number of hydrogen-bond donors (Lipinski definition) is 2. The molecular weight excluding hydrogens is 364 g/mol. The van der Waals surface area contributed by atoms with E-state index < -0.39 is 5.91 Å². The number of amides is 2. The van der Waals surface area contributed by atoms with Gasteiger partial charge in [0.1, 0.15) is 0 Å². The maximum atomic E-state index is 12.2. The third kappa shape index (κ3) is 5.21. The number of piperazine rings is 1. The molecule has 0 radical (unpaired) electrons. The van der Waals surface area contributed by atoms with Crippen LogP contribution in [0.3, 0.4) is 0 Å². The topological polar surface area (TPSA) is 78.7 Å². The molecule has 0 atom stereocenters. The van der Waals surface area contributed by atoms with E-state index in [0.717, 1.165) is 36.9 Å². The number of nitrogens with two attached hydrogens (primary N) is 1. The quantitative estimate of drug-likeness (QED) is 0.799. The molecule has 27 heavy (non-hydrogen) atoms. The number of anilines is 2. The highest BCUT2D eigenvalue weighted by atomic mass is 35.5. The van der Waals surface area contributed by atoms with Crippen molar-refractivity contribution in [2.75, 3.05) is 42.9 Å². The molecular formula is C20H23ClN4O2. The number of primary amides is 1. The summed E-state index contributed by atoms with van der Waals surface area (Å²) in [5.74, 6) is -0.677. The van der Waals surface area contributed by atoms with Crippen molar-refractivity contribution in [3.63, 3.8) is 0 Å². The van der Waals surface area contributed by atoms with E-state index >= 15 is 0 Å². The largest absolute Gasteiger partial charge is 0.369 e. The Hall–Kier alpha value is -2.57. The highest BCUT2D eigenvalue weighted by Gasteiger charge is 2.18. The van der Waals surface area contributed by atoms with Crippen molar-refractivity contribution in [3.8, 4) is 0 Å². The number of carbonyl (C=O) groups is 2. The molecule has 6 nitrogen and oxygen atoms in total. The average Bonchev–Trinajstić information content (AvgIpc) is 2.67. The van der Waals surface area contributed by atoms with Gasteiger partial charge >= 0.3 is 0 Å². The molecule has 0 saturated carbocycles. The Balaban J connectivity index is 1.46. The summed E-state index contributed by atoms with van der Waals surface area (Å²) in [6.45, 7) is 4.24. The molecule has 2 amide bonds. The molecule has 0 aliphatic carbocycles. The van der Waals surface area contributed by atoms with Gasteiger partial charge in [-0.3, -0.25) is 14.5 Å². The van der Waals surface area contributed by atoms with Crippen molar-refractivity contribution >= 4 is 34.8 Å².